The van der Waals surface area contributed by atoms with E-state index in [1.165, 1.54) is 12.1 Å². The highest BCUT2D eigenvalue weighted by atomic mass is 19.4. The molecule has 20 heavy (non-hydrogen) atoms. The molecule has 1 aliphatic rings. The molecule has 1 aromatic rings. The van der Waals surface area contributed by atoms with Crippen LogP contribution in [0.25, 0.3) is 0 Å². The standard InChI is InChI=1S/C14H19F3N2O/c1-19(9-11-6-12(18)7-11)8-10-2-4-13(5-3-10)20-14(15,16)17/h2-5,11-12H,6-9,18H2,1H3. The monoisotopic (exact) mass is 288 g/mol. The van der Waals surface area contributed by atoms with Crippen LogP contribution in [0.4, 0.5) is 13.2 Å². The number of halogens is 3. The van der Waals surface area contributed by atoms with Crippen LogP contribution in [0.15, 0.2) is 24.3 Å². The van der Waals surface area contributed by atoms with Crippen molar-refractivity contribution in [1.82, 2.24) is 4.90 Å². The lowest BCUT2D eigenvalue weighted by Gasteiger charge is -2.35. The van der Waals surface area contributed by atoms with Gasteiger partial charge in [0, 0.05) is 19.1 Å². The van der Waals surface area contributed by atoms with Crippen LogP contribution in [0.5, 0.6) is 5.75 Å². The predicted molar refractivity (Wildman–Crippen MR) is 70.2 cm³/mol. The molecule has 0 aromatic heterocycles. The van der Waals surface area contributed by atoms with Gasteiger partial charge < -0.3 is 15.4 Å². The van der Waals surface area contributed by atoms with Crippen molar-refractivity contribution in [3.05, 3.63) is 29.8 Å². The van der Waals surface area contributed by atoms with Gasteiger partial charge in [-0.1, -0.05) is 12.1 Å². The number of hydrogen-bond donors (Lipinski definition) is 1. The molecule has 0 radical (unpaired) electrons. The van der Waals surface area contributed by atoms with Crippen molar-refractivity contribution in [1.29, 1.82) is 0 Å². The highest BCUT2D eigenvalue weighted by Crippen LogP contribution is 2.27. The van der Waals surface area contributed by atoms with Gasteiger partial charge in [-0.25, -0.2) is 0 Å². The second-order valence-corrected chi connectivity index (χ2v) is 5.49. The number of ether oxygens (including phenoxy) is 1. The van der Waals surface area contributed by atoms with Crippen LogP contribution in [0, 0.1) is 5.92 Å². The van der Waals surface area contributed by atoms with Crippen molar-refractivity contribution >= 4 is 0 Å². The second kappa shape index (κ2) is 6.01. The summed E-state index contributed by atoms with van der Waals surface area (Å²) in [5.41, 5.74) is 6.70. The van der Waals surface area contributed by atoms with Gasteiger partial charge >= 0.3 is 6.36 Å². The first kappa shape index (κ1) is 15.1. The third-order valence-electron chi connectivity index (χ3n) is 3.45. The molecule has 0 atom stereocenters. The Morgan fingerprint density at radius 2 is 1.85 bits per heavy atom. The molecule has 1 fully saturated rings. The van der Waals surface area contributed by atoms with Crippen LogP contribution in [0.3, 0.4) is 0 Å². The minimum absolute atomic E-state index is 0.186. The van der Waals surface area contributed by atoms with E-state index in [9.17, 15) is 13.2 Å². The van der Waals surface area contributed by atoms with Crippen LogP contribution < -0.4 is 10.5 Å². The maximum Gasteiger partial charge on any atom is 0.573 e. The van der Waals surface area contributed by atoms with Gasteiger partial charge in [0.1, 0.15) is 5.75 Å². The van der Waals surface area contributed by atoms with Crippen LogP contribution in [-0.4, -0.2) is 30.9 Å². The van der Waals surface area contributed by atoms with Gasteiger partial charge in [0.15, 0.2) is 0 Å². The summed E-state index contributed by atoms with van der Waals surface area (Å²) in [5.74, 6) is 0.455. The van der Waals surface area contributed by atoms with Gasteiger partial charge in [0.2, 0.25) is 0 Å². The van der Waals surface area contributed by atoms with E-state index in [0.29, 0.717) is 18.5 Å². The molecule has 0 amide bonds. The first-order chi connectivity index (χ1) is 9.32. The topological polar surface area (TPSA) is 38.5 Å². The zero-order valence-corrected chi connectivity index (χ0v) is 11.4. The van der Waals surface area contributed by atoms with Gasteiger partial charge in [0.05, 0.1) is 0 Å². The third-order valence-corrected chi connectivity index (χ3v) is 3.45. The lowest BCUT2D eigenvalue weighted by Crippen LogP contribution is -2.41. The normalized spacial score (nSPS) is 22.7. The van der Waals surface area contributed by atoms with Crippen LogP contribution in [0.1, 0.15) is 18.4 Å². The highest BCUT2D eigenvalue weighted by molar-refractivity contribution is 5.27. The molecule has 1 aliphatic carbocycles. The maximum atomic E-state index is 12.0. The molecule has 2 rings (SSSR count). The fourth-order valence-corrected chi connectivity index (χ4v) is 2.55. The average Bonchev–Trinajstić information content (AvgIpc) is 2.28. The molecular formula is C14H19F3N2O. The molecule has 6 heteroatoms. The Kier molecular flexibility index (Phi) is 4.55. The first-order valence-corrected chi connectivity index (χ1v) is 6.60. The molecule has 1 saturated carbocycles. The Morgan fingerprint density at radius 3 is 2.35 bits per heavy atom. The van der Waals surface area contributed by atoms with Crippen LogP contribution in [0.2, 0.25) is 0 Å². The van der Waals surface area contributed by atoms with Gasteiger partial charge in [-0.15, -0.1) is 13.2 Å². The van der Waals surface area contributed by atoms with Gasteiger partial charge in [-0.2, -0.15) is 0 Å². The lowest BCUT2D eigenvalue weighted by molar-refractivity contribution is -0.274. The summed E-state index contributed by atoms with van der Waals surface area (Å²) in [6.07, 6.45) is -2.52. The Morgan fingerprint density at radius 1 is 1.25 bits per heavy atom. The molecule has 0 saturated heterocycles. The van der Waals surface area contributed by atoms with E-state index in [1.54, 1.807) is 12.1 Å². The zero-order valence-electron chi connectivity index (χ0n) is 11.4. The minimum Gasteiger partial charge on any atom is -0.406 e. The molecule has 2 N–H and O–H groups in total. The van der Waals surface area contributed by atoms with Crippen molar-refractivity contribution in [2.45, 2.75) is 31.8 Å². The third kappa shape index (κ3) is 4.68. The van der Waals surface area contributed by atoms with Crippen molar-refractivity contribution in [2.24, 2.45) is 11.7 Å². The smallest absolute Gasteiger partial charge is 0.406 e. The van der Waals surface area contributed by atoms with E-state index in [4.69, 9.17) is 5.73 Å². The summed E-state index contributed by atoms with van der Waals surface area (Å²) in [4.78, 5) is 2.16. The van der Waals surface area contributed by atoms with E-state index >= 15 is 0 Å². The van der Waals surface area contributed by atoms with Crippen LogP contribution >= 0.6 is 0 Å². The molecule has 3 nitrogen and oxygen atoms in total. The average molecular weight is 288 g/mol. The lowest BCUT2D eigenvalue weighted by atomic mass is 9.80. The van der Waals surface area contributed by atoms with E-state index in [-0.39, 0.29) is 5.75 Å². The van der Waals surface area contributed by atoms with Crippen molar-refractivity contribution < 1.29 is 17.9 Å². The largest absolute Gasteiger partial charge is 0.573 e. The number of nitrogens with two attached hydrogens (primary N) is 1. The van der Waals surface area contributed by atoms with E-state index in [0.717, 1.165) is 24.9 Å². The predicted octanol–water partition coefficient (Wildman–Crippen LogP) is 2.75. The summed E-state index contributed by atoms with van der Waals surface area (Å²) in [7, 11) is 2.00. The summed E-state index contributed by atoms with van der Waals surface area (Å²) in [6, 6.07) is 6.34. The fourth-order valence-electron chi connectivity index (χ4n) is 2.55. The van der Waals surface area contributed by atoms with Gasteiger partial charge in [0.25, 0.3) is 0 Å². The number of hydrogen-bond acceptors (Lipinski definition) is 3. The molecule has 0 bridgehead atoms. The highest BCUT2D eigenvalue weighted by Gasteiger charge is 2.31. The van der Waals surface area contributed by atoms with Gasteiger partial charge in [-0.05, 0) is 43.5 Å². The maximum absolute atomic E-state index is 12.0. The number of benzene rings is 1. The molecule has 1 aromatic carbocycles. The minimum atomic E-state index is -4.64. The second-order valence-electron chi connectivity index (χ2n) is 5.49. The fraction of sp³-hybridized carbons (Fsp3) is 0.571. The van der Waals surface area contributed by atoms with E-state index < -0.39 is 6.36 Å². The van der Waals surface area contributed by atoms with Crippen LogP contribution in [-0.2, 0) is 6.54 Å². The number of alkyl halides is 3. The summed E-state index contributed by atoms with van der Waals surface area (Å²) < 4.78 is 39.9. The Balaban J connectivity index is 1.81. The quantitative estimate of drug-likeness (QED) is 0.905. The molecule has 0 aliphatic heterocycles. The van der Waals surface area contributed by atoms with Gasteiger partial charge in [-0.3, -0.25) is 0 Å². The van der Waals surface area contributed by atoms with E-state index in [1.807, 2.05) is 7.05 Å². The molecule has 112 valence electrons. The molecular weight excluding hydrogens is 269 g/mol. The summed E-state index contributed by atoms with van der Waals surface area (Å²) in [6.45, 7) is 1.67. The van der Waals surface area contributed by atoms with E-state index in [2.05, 4.69) is 9.64 Å². The Labute approximate surface area is 116 Å². The molecule has 0 unspecified atom stereocenters. The van der Waals surface area contributed by atoms with Crippen molar-refractivity contribution in [2.75, 3.05) is 13.6 Å². The van der Waals surface area contributed by atoms with Crippen molar-refractivity contribution in [3.8, 4) is 5.75 Å². The SMILES string of the molecule is CN(Cc1ccc(OC(F)(F)F)cc1)CC1CC(N)C1. The number of nitrogens with zero attached hydrogens (tertiary/aromatic N) is 1. The summed E-state index contributed by atoms with van der Waals surface area (Å²) >= 11 is 0. The molecule has 0 heterocycles. The zero-order chi connectivity index (χ0) is 14.8. The Bertz CT molecular complexity index is 427. The Hall–Kier alpha value is -1.27. The van der Waals surface area contributed by atoms with Crippen molar-refractivity contribution in [3.63, 3.8) is 0 Å². The first-order valence-electron chi connectivity index (χ1n) is 6.60. The summed E-state index contributed by atoms with van der Waals surface area (Å²) in [5, 5.41) is 0. The number of rotatable bonds is 5. The molecule has 0 spiro atoms.